The van der Waals surface area contributed by atoms with Crippen molar-refractivity contribution in [2.45, 2.75) is 12.8 Å². The van der Waals surface area contributed by atoms with Crippen LogP contribution in [-0.2, 0) is 0 Å². The minimum Gasteiger partial charge on any atom is -0.469 e. The van der Waals surface area contributed by atoms with Gasteiger partial charge >= 0.3 is 0 Å². The largest absolute Gasteiger partial charge is 0.469 e. The lowest BCUT2D eigenvalue weighted by atomic mass is 10.0. The zero-order chi connectivity index (χ0) is 10.5. The number of hydrogen-bond acceptors (Lipinski definition) is 3. The molecule has 3 heteroatoms. The Labute approximate surface area is 93.6 Å². The van der Waals surface area contributed by atoms with Crippen LogP contribution in [0.15, 0.2) is 41.9 Å². The van der Waals surface area contributed by atoms with Gasteiger partial charge in [-0.1, -0.05) is 48.6 Å². The molecule has 78 valence electrons. The highest BCUT2D eigenvalue weighted by Crippen LogP contribution is 2.19. The molecule has 0 N–H and O–H groups in total. The summed E-state index contributed by atoms with van der Waals surface area (Å²) in [5.74, 6) is 0.398. The van der Waals surface area contributed by atoms with Crippen LogP contribution in [0.5, 0.6) is 5.19 Å². The first kappa shape index (κ1) is 10.2. The van der Waals surface area contributed by atoms with Crippen LogP contribution in [0, 0.1) is 0 Å². The fraction of sp³-hybridized carbons (Fsp3) is 0.250. The minimum absolute atomic E-state index is 0.398. The van der Waals surface area contributed by atoms with E-state index >= 15 is 0 Å². The Morgan fingerprint density at radius 1 is 1.33 bits per heavy atom. The third-order valence-corrected chi connectivity index (χ3v) is 2.92. The van der Waals surface area contributed by atoms with E-state index in [1.54, 1.807) is 6.20 Å². The molecule has 1 atom stereocenters. The molecule has 1 aromatic heterocycles. The van der Waals surface area contributed by atoms with E-state index in [4.69, 9.17) is 4.74 Å². The molecule has 0 aliphatic rings. The molecule has 2 nitrogen and oxygen atoms in total. The molecule has 0 bridgehead atoms. The predicted molar refractivity (Wildman–Crippen MR) is 62.5 cm³/mol. The van der Waals surface area contributed by atoms with Gasteiger partial charge in [0.1, 0.15) is 0 Å². The van der Waals surface area contributed by atoms with Crippen molar-refractivity contribution < 1.29 is 4.74 Å². The van der Waals surface area contributed by atoms with E-state index in [9.17, 15) is 0 Å². The molecule has 2 aromatic rings. The molecular formula is C12H13NOS. The molecule has 15 heavy (non-hydrogen) atoms. The average Bonchev–Trinajstić information content (AvgIpc) is 2.80. The van der Waals surface area contributed by atoms with Crippen LogP contribution in [-0.4, -0.2) is 11.6 Å². The van der Waals surface area contributed by atoms with Crippen LogP contribution < -0.4 is 4.74 Å². The molecular weight excluding hydrogens is 206 g/mol. The van der Waals surface area contributed by atoms with Crippen molar-refractivity contribution in [1.82, 2.24) is 4.98 Å². The summed E-state index contributed by atoms with van der Waals surface area (Å²) in [4.78, 5) is 4.08. The van der Waals surface area contributed by atoms with Gasteiger partial charge in [-0.3, -0.25) is 0 Å². The lowest BCUT2D eigenvalue weighted by molar-refractivity contribution is 0.294. The van der Waals surface area contributed by atoms with Crippen molar-refractivity contribution in [2.75, 3.05) is 6.61 Å². The Bertz CT molecular complexity index is 385. The number of thiazole rings is 1. The third-order valence-electron chi connectivity index (χ3n) is 2.24. The molecule has 2 rings (SSSR count). The molecule has 0 saturated carbocycles. The van der Waals surface area contributed by atoms with Crippen molar-refractivity contribution in [2.24, 2.45) is 0 Å². The molecule has 0 amide bonds. The van der Waals surface area contributed by atoms with Crippen molar-refractivity contribution in [1.29, 1.82) is 0 Å². The van der Waals surface area contributed by atoms with E-state index < -0.39 is 0 Å². The summed E-state index contributed by atoms with van der Waals surface area (Å²) >= 11 is 1.53. The third kappa shape index (κ3) is 2.80. The normalized spacial score (nSPS) is 12.3. The van der Waals surface area contributed by atoms with E-state index in [1.165, 1.54) is 16.9 Å². The van der Waals surface area contributed by atoms with Gasteiger partial charge in [-0.15, -0.1) is 0 Å². The highest BCUT2D eigenvalue weighted by atomic mass is 32.1. The zero-order valence-electron chi connectivity index (χ0n) is 8.59. The Hall–Kier alpha value is -1.35. The van der Waals surface area contributed by atoms with Crippen LogP contribution in [0.1, 0.15) is 18.4 Å². The maximum atomic E-state index is 5.57. The summed E-state index contributed by atoms with van der Waals surface area (Å²) in [5, 5.41) is 2.67. The summed E-state index contributed by atoms with van der Waals surface area (Å²) in [6.45, 7) is 2.83. The second kappa shape index (κ2) is 4.94. The lowest BCUT2D eigenvalue weighted by Gasteiger charge is -2.11. The Balaban J connectivity index is 1.90. The van der Waals surface area contributed by atoms with Gasteiger partial charge in [-0.2, -0.15) is 0 Å². The van der Waals surface area contributed by atoms with Crippen molar-refractivity contribution >= 4 is 11.3 Å². The van der Waals surface area contributed by atoms with Gasteiger partial charge in [0.2, 0.25) is 0 Å². The number of hydrogen-bond donors (Lipinski definition) is 0. The quantitative estimate of drug-likeness (QED) is 0.787. The molecule has 0 radical (unpaired) electrons. The molecule has 0 aliphatic heterocycles. The lowest BCUT2D eigenvalue weighted by Crippen LogP contribution is -2.06. The average molecular weight is 219 g/mol. The van der Waals surface area contributed by atoms with Gasteiger partial charge in [0.05, 0.1) is 6.61 Å². The molecule has 1 heterocycles. The number of rotatable bonds is 4. The zero-order valence-corrected chi connectivity index (χ0v) is 9.41. The molecule has 0 spiro atoms. The summed E-state index contributed by atoms with van der Waals surface area (Å²) in [6, 6.07) is 10.4. The first-order valence-corrected chi connectivity index (χ1v) is 5.81. The first-order chi connectivity index (χ1) is 7.36. The smallest absolute Gasteiger partial charge is 0.273 e. The van der Waals surface area contributed by atoms with E-state index in [1.807, 2.05) is 11.4 Å². The van der Waals surface area contributed by atoms with Crippen molar-refractivity contribution in [3.05, 3.63) is 47.5 Å². The van der Waals surface area contributed by atoms with Gasteiger partial charge in [0.25, 0.3) is 5.19 Å². The van der Waals surface area contributed by atoms with Gasteiger partial charge in [-0.25, -0.2) is 4.98 Å². The molecule has 0 saturated heterocycles. The SMILES string of the molecule is CC(COc1nccs1)c1ccccc1. The Morgan fingerprint density at radius 3 is 2.80 bits per heavy atom. The summed E-state index contributed by atoms with van der Waals surface area (Å²) < 4.78 is 5.57. The van der Waals surface area contributed by atoms with Gasteiger partial charge in [0.15, 0.2) is 0 Å². The summed E-state index contributed by atoms with van der Waals surface area (Å²) in [5.41, 5.74) is 1.30. The van der Waals surface area contributed by atoms with Gasteiger partial charge in [-0.05, 0) is 5.56 Å². The molecule has 0 aliphatic carbocycles. The number of aromatic nitrogens is 1. The van der Waals surface area contributed by atoms with Crippen molar-refractivity contribution in [3.63, 3.8) is 0 Å². The topological polar surface area (TPSA) is 22.1 Å². The molecule has 1 unspecified atom stereocenters. The fourth-order valence-electron chi connectivity index (χ4n) is 1.36. The van der Waals surface area contributed by atoms with E-state index in [0.29, 0.717) is 12.5 Å². The van der Waals surface area contributed by atoms with E-state index in [-0.39, 0.29) is 0 Å². The maximum Gasteiger partial charge on any atom is 0.273 e. The minimum atomic E-state index is 0.398. The van der Waals surface area contributed by atoms with Crippen molar-refractivity contribution in [3.8, 4) is 5.19 Å². The van der Waals surface area contributed by atoms with Crippen LogP contribution in [0.25, 0.3) is 0 Å². The Morgan fingerprint density at radius 2 is 2.13 bits per heavy atom. The highest BCUT2D eigenvalue weighted by molar-refractivity contribution is 7.11. The molecule has 1 aromatic carbocycles. The van der Waals surface area contributed by atoms with E-state index in [2.05, 4.69) is 36.2 Å². The molecule has 0 fully saturated rings. The maximum absolute atomic E-state index is 5.57. The monoisotopic (exact) mass is 219 g/mol. The number of ether oxygens (including phenoxy) is 1. The summed E-state index contributed by atoms with van der Waals surface area (Å²) in [7, 11) is 0. The van der Waals surface area contributed by atoms with Gasteiger partial charge in [0, 0.05) is 17.5 Å². The fourth-order valence-corrected chi connectivity index (χ4v) is 1.85. The van der Waals surface area contributed by atoms with Gasteiger partial charge < -0.3 is 4.74 Å². The van der Waals surface area contributed by atoms with Crippen LogP contribution in [0.2, 0.25) is 0 Å². The first-order valence-electron chi connectivity index (χ1n) is 4.93. The van der Waals surface area contributed by atoms with Crippen LogP contribution in [0.3, 0.4) is 0 Å². The standard InChI is InChI=1S/C12H13NOS/c1-10(11-5-3-2-4-6-11)9-14-12-13-7-8-15-12/h2-8,10H,9H2,1H3. The predicted octanol–water partition coefficient (Wildman–Crippen LogP) is 3.33. The number of nitrogens with zero attached hydrogens (tertiary/aromatic N) is 1. The Kier molecular flexibility index (Phi) is 3.35. The highest BCUT2D eigenvalue weighted by Gasteiger charge is 2.06. The second-order valence-electron chi connectivity index (χ2n) is 3.42. The second-order valence-corrected chi connectivity index (χ2v) is 4.28. The van der Waals surface area contributed by atoms with Crippen LogP contribution in [0.4, 0.5) is 0 Å². The van der Waals surface area contributed by atoms with E-state index in [0.717, 1.165) is 5.19 Å². The number of benzene rings is 1. The van der Waals surface area contributed by atoms with Crippen LogP contribution >= 0.6 is 11.3 Å². The summed E-state index contributed by atoms with van der Waals surface area (Å²) in [6.07, 6.45) is 1.76.